The quantitative estimate of drug-likeness (QED) is 0.663. The van der Waals surface area contributed by atoms with Gasteiger partial charge in [0.15, 0.2) is 0 Å². The van der Waals surface area contributed by atoms with E-state index in [1.54, 1.807) is 0 Å². The van der Waals surface area contributed by atoms with Crippen LogP contribution in [-0.2, 0) is 4.79 Å². The van der Waals surface area contributed by atoms with Gasteiger partial charge < -0.3 is 10.4 Å². The van der Waals surface area contributed by atoms with Crippen LogP contribution in [-0.4, -0.2) is 23.8 Å². The predicted octanol–water partition coefficient (Wildman–Crippen LogP) is 2.45. The molecule has 0 spiro atoms. The summed E-state index contributed by atoms with van der Waals surface area (Å²) in [4.78, 5) is 11.3. The lowest BCUT2D eigenvalue weighted by Gasteiger charge is -2.08. The molecule has 108 valence electrons. The summed E-state index contributed by atoms with van der Waals surface area (Å²) in [5.41, 5.74) is 0.0773. The second-order valence-corrected chi connectivity index (χ2v) is 3.82. The van der Waals surface area contributed by atoms with E-state index in [2.05, 4.69) is 17.2 Å². The topological polar surface area (TPSA) is 49.3 Å². The molecule has 0 aliphatic heterocycles. The maximum absolute atomic E-state index is 13.3. The summed E-state index contributed by atoms with van der Waals surface area (Å²) in [7, 11) is 0. The molecule has 0 atom stereocenters. The van der Waals surface area contributed by atoms with Gasteiger partial charge in [-0.3, -0.25) is 4.79 Å². The smallest absolute Gasteiger partial charge is 0.384 e. The number of aliphatic hydroxyl groups excluding tert-OH is 1. The van der Waals surface area contributed by atoms with Crippen molar-refractivity contribution in [1.29, 1.82) is 0 Å². The highest BCUT2D eigenvalue weighted by atomic mass is 19.4. The van der Waals surface area contributed by atoms with Crippen LogP contribution in [0.5, 0.6) is 0 Å². The standard InChI is InChI=1S/C13H11F4NO2/c14-11-4-3-10(8-9(11)2-1-7-19)18-12(20)5-6-13(15,16)17/h3-4,8,19H,5-7H2,(H,18,20). The highest BCUT2D eigenvalue weighted by Crippen LogP contribution is 2.22. The molecule has 0 unspecified atom stereocenters. The third-order valence-electron chi connectivity index (χ3n) is 2.19. The van der Waals surface area contributed by atoms with Crippen molar-refractivity contribution in [3.05, 3.63) is 29.6 Å². The van der Waals surface area contributed by atoms with Gasteiger partial charge in [0.05, 0.1) is 12.0 Å². The molecule has 0 saturated carbocycles. The zero-order valence-electron chi connectivity index (χ0n) is 10.2. The monoisotopic (exact) mass is 289 g/mol. The Bertz CT molecular complexity index is 544. The highest BCUT2D eigenvalue weighted by Gasteiger charge is 2.27. The molecule has 1 aromatic carbocycles. The maximum atomic E-state index is 13.3. The summed E-state index contributed by atoms with van der Waals surface area (Å²) in [5, 5.41) is 10.7. The molecule has 2 N–H and O–H groups in total. The lowest BCUT2D eigenvalue weighted by Crippen LogP contribution is -2.16. The number of hydrogen-bond donors (Lipinski definition) is 2. The third kappa shape index (κ3) is 5.71. The summed E-state index contributed by atoms with van der Waals surface area (Å²) in [5.74, 6) is 3.08. The average Bonchev–Trinajstić information content (AvgIpc) is 2.36. The molecule has 0 heterocycles. The number of halogens is 4. The molecule has 20 heavy (non-hydrogen) atoms. The molecule has 1 amide bonds. The zero-order valence-corrected chi connectivity index (χ0v) is 10.2. The van der Waals surface area contributed by atoms with E-state index < -0.39 is 37.3 Å². The van der Waals surface area contributed by atoms with Gasteiger partial charge in [-0.2, -0.15) is 13.2 Å². The molecule has 0 bridgehead atoms. The molecular weight excluding hydrogens is 278 g/mol. The second-order valence-electron chi connectivity index (χ2n) is 3.82. The van der Waals surface area contributed by atoms with Gasteiger partial charge >= 0.3 is 6.18 Å². The van der Waals surface area contributed by atoms with Crippen LogP contribution in [0.25, 0.3) is 0 Å². The number of rotatable bonds is 3. The van der Waals surface area contributed by atoms with E-state index in [1.165, 1.54) is 12.1 Å². The summed E-state index contributed by atoms with van der Waals surface area (Å²) < 4.78 is 49.1. The Kier molecular flexibility index (Phi) is 5.53. The van der Waals surface area contributed by atoms with Crippen LogP contribution in [0.4, 0.5) is 23.2 Å². The fraction of sp³-hybridized carbons (Fsp3) is 0.308. The number of benzene rings is 1. The van der Waals surface area contributed by atoms with Gasteiger partial charge in [0.2, 0.25) is 5.91 Å². The number of carbonyl (C=O) groups excluding carboxylic acids is 1. The van der Waals surface area contributed by atoms with Crippen molar-refractivity contribution in [2.24, 2.45) is 0 Å². The van der Waals surface area contributed by atoms with Crippen molar-refractivity contribution in [3.63, 3.8) is 0 Å². The van der Waals surface area contributed by atoms with Crippen LogP contribution in [0.2, 0.25) is 0 Å². The SMILES string of the molecule is O=C(CCC(F)(F)F)Nc1ccc(F)c(C#CCO)c1. The van der Waals surface area contributed by atoms with Crippen molar-refractivity contribution in [3.8, 4) is 11.8 Å². The summed E-state index contributed by atoms with van der Waals surface area (Å²) in [6.07, 6.45) is -6.34. The van der Waals surface area contributed by atoms with E-state index in [-0.39, 0.29) is 11.3 Å². The second kappa shape index (κ2) is 6.91. The van der Waals surface area contributed by atoms with Gasteiger partial charge in [-0.25, -0.2) is 4.39 Å². The number of aliphatic hydroxyl groups is 1. The van der Waals surface area contributed by atoms with Gasteiger partial charge in [-0.05, 0) is 18.2 Å². The first kappa shape index (κ1) is 16.0. The number of carbonyl (C=O) groups is 1. The first-order valence-electron chi connectivity index (χ1n) is 5.57. The molecular formula is C13H11F4NO2. The zero-order chi connectivity index (χ0) is 15.2. The molecule has 0 aliphatic rings. The van der Waals surface area contributed by atoms with Crippen LogP contribution < -0.4 is 5.32 Å². The van der Waals surface area contributed by atoms with Crippen LogP contribution in [0.1, 0.15) is 18.4 Å². The van der Waals surface area contributed by atoms with Crippen molar-refractivity contribution in [1.82, 2.24) is 0 Å². The average molecular weight is 289 g/mol. The van der Waals surface area contributed by atoms with Gasteiger partial charge in [0.25, 0.3) is 0 Å². The van der Waals surface area contributed by atoms with Gasteiger partial charge in [0.1, 0.15) is 12.4 Å². The Balaban J connectivity index is 2.71. The molecule has 1 aromatic rings. The number of alkyl halides is 3. The van der Waals surface area contributed by atoms with E-state index >= 15 is 0 Å². The normalized spacial score (nSPS) is 10.7. The fourth-order valence-electron chi connectivity index (χ4n) is 1.31. The fourth-order valence-corrected chi connectivity index (χ4v) is 1.31. The Hall–Kier alpha value is -2.07. The van der Waals surface area contributed by atoms with E-state index in [4.69, 9.17) is 5.11 Å². The van der Waals surface area contributed by atoms with Crippen LogP contribution in [0.15, 0.2) is 18.2 Å². The predicted molar refractivity (Wildman–Crippen MR) is 64.3 cm³/mol. The lowest BCUT2D eigenvalue weighted by atomic mass is 10.2. The minimum Gasteiger partial charge on any atom is -0.384 e. The summed E-state index contributed by atoms with van der Waals surface area (Å²) >= 11 is 0. The molecule has 0 aliphatic carbocycles. The van der Waals surface area contributed by atoms with E-state index in [0.29, 0.717) is 0 Å². The molecule has 7 heteroatoms. The maximum Gasteiger partial charge on any atom is 0.389 e. The van der Waals surface area contributed by atoms with E-state index in [0.717, 1.165) is 6.07 Å². The first-order valence-corrected chi connectivity index (χ1v) is 5.57. The number of anilines is 1. The molecule has 3 nitrogen and oxygen atoms in total. The van der Waals surface area contributed by atoms with Gasteiger partial charge in [0, 0.05) is 12.1 Å². The Labute approximate surface area is 112 Å². The first-order chi connectivity index (χ1) is 9.31. The Morgan fingerprint density at radius 3 is 2.65 bits per heavy atom. The van der Waals surface area contributed by atoms with Gasteiger partial charge in [-0.1, -0.05) is 11.8 Å². The van der Waals surface area contributed by atoms with E-state index in [9.17, 15) is 22.4 Å². The highest BCUT2D eigenvalue weighted by molar-refractivity contribution is 5.90. The van der Waals surface area contributed by atoms with E-state index in [1.807, 2.05) is 0 Å². The van der Waals surface area contributed by atoms with Gasteiger partial charge in [-0.15, -0.1) is 0 Å². The Morgan fingerprint density at radius 1 is 1.35 bits per heavy atom. The Morgan fingerprint density at radius 2 is 2.05 bits per heavy atom. The molecule has 0 aromatic heterocycles. The number of amides is 1. The molecule has 1 rings (SSSR count). The summed E-state index contributed by atoms with van der Waals surface area (Å²) in [6, 6.07) is 3.43. The summed E-state index contributed by atoms with van der Waals surface area (Å²) in [6.45, 7) is -0.457. The van der Waals surface area contributed by atoms with Crippen molar-refractivity contribution in [2.45, 2.75) is 19.0 Å². The largest absolute Gasteiger partial charge is 0.389 e. The van der Waals surface area contributed by atoms with Crippen LogP contribution in [0, 0.1) is 17.7 Å². The van der Waals surface area contributed by atoms with Crippen LogP contribution in [0.3, 0.4) is 0 Å². The lowest BCUT2D eigenvalue weighted by molar-refractivity contribution is -0.142. The van der Waals surface area contributed by atoms with Crippen molar-refractivity contribution < 1.29 is 27.5 Å². The molecule has 0 saturated heterocycles. The molecule has 0 fully saturated rings. The molecule has 0 radical (unpaired) electrons. The third-order valence-corrected chi connectivity index (χ3v) is 2.19. The number of nitrogens with one attached hydrogen (secondary N) is 1. The van der Waals surface area contributed by atoms with Crippen molar-refractivity contribution >= 4 is 11.6 Å². The number of hydrogen-bond acceptors (Lipinski definition) is 2. The van der Waals surface area contributed by atoms with Crippen molar-refractivity contribution in [2.75, 3.05) is 11.9 Å². The van der Waals surface area contributed by atoms with Crippen LogP contribution >= 0.6 is 0 Å². The minimum absolute atomic E-state index is 0.0623. The minimum atomic E-state index is -4.40.